The van der Waals surface area contributed by atoms with Gasteiger partial charge in [-0.3, -0.25) is 5.32 Å². The lowest BCUT2D eigenvalue weighted by molar-refractivity contribution is 0.155. The molecular weight excluding hydrogens is 464 g/mol. The predicted molar refractivity (Wildman–Crippen MR) is 109 cm³/mol. The lowest BCUT2D eigenvalue weighted by Crippen LogP contribution is -2.14. The molecule has 8 heteroatoms. The van der Waals surface area contributed by atoms with Crippen LogP contribution in [0.5, 0.6) is 0 Å². The Bertz CT molecular complexity index is 792. The second kappa shape index (κ2) is 10.5. The van der Waals surface area contributed by atoms with Crippen molar-refractivity contribution < 1.29 is 9.53 Å². The van der Waals surface area contributed by atoms with Crippen LogP contribution in [0.15, 0.2) is 75.9 Å². The summed E-state index contributed by atoms with van der Waals surface area (Å²) in [5.41, 5.74) is 6.24. The van der Waals surface area contributed by atoms with E-state index in [1.807, 2.05) is 36.4 Å². The largest absolute Gasteiger partial charge is 0.444 e. The van der Waals surface area contributed by atoms with Crippen LogP contribution in [0.3, 0.4) is 0 Å². The van der Waals surface area contributed by atoms with Crippen molar-refractivity contribution in [2.24, 2.45) is 0 Å². The molecule has 6 nitrogen and oxygen atoms in total. The molecule has 0 radical (unpaired) electrons. The Kier molecular flexibility index (Phi) is 8.04. The summed E-state index contributed by atoms with van der Waals surface area (Å²) in [5.74, 6) is 1.00. The van der Waals surface area contributed by atoms with Crippen LogP contribution in [0.25, 0.3) is 0 Å². The quantitative estimate of drug-likeness (QED) is 0.550. The number of amides is 1. The van der Waals surface area contributed by atoms with Gasteiger partial charge in [-0.25, -0.2) is 14.8 Å². The molecule has 2 aromatic heterocycles. The number of halogens is 2. The minimum atomic E-state index is -0.520. The fourth-order valence-electron chi connectivity index (χ4n) is 1.70. The predicted octanol–water partition coefficient (Wildman–Crippen LogP) is 5.02. The maximum atomic E-state index is 11.5. The summed E-state index contributed by atoms with van der Waals surface area (Å²) < 4.78 is 6.86. The number of aromatic nitrogens is 2. The van der Waals surface area contributed by atoms with Gasteiger partial charge < -0.3 is 10.5 Å². The van der Waals surface area contributed by atoms with Crippen LogP contribution < -0.4 is 11.1 Å². The Morgan fingerprint density at radius 3 is 2.15 bits per heavy atom. The second-order valence-electron chi connectivity index (χ2n) is 4.95. The standard InChI is InChI=1S/C13H11BrN2O2.C5H5BrN2/c14-11-6-7-12(15-8-11)16-13(17)18-9-10-4-2-1-3-5-10;6-4-1-2-5(7)8-3-4/h1-8H,9H2,(H,15,16,17);1-3H,(H2,7,8). The number of carbonyl (C=O) groups excluding carboxylic acids is 1. The molecule has 0 saturated carbocycles. The van der Waals surface area contributed by atoms with Crippen molar-refractivity contribution in [3.05, 3.63) is 81.5 Å². The number of rotatable bonds is 3. The van der Waals surface area contributed by atoms with E-state index in [2.05, 4.69) is 47.1 Å². The number of benzene rings is 1. The van der Waals surface area contributed by atoms with Gasteiger partial charge in [0.05, 0.1) is 0 Å². The molecule has 3 rings (SSSR count). The highest BCUT2D eigenvalue weighted by molar-refractivity contribution is 9.10. The average molecular weight is 480 g/mol. The Morgan fingerprint density at radius 1 is 0.962 bits per heavy atom. The van der Waals surface area contributed by atoms with E-state index < -0.39 is 6.09 Å². The number of ether oxygens (including phenoxy) is 1. The van der Waals surface area contributed by atoms with E-state index in [9.17, 15) is 4.79 Å². The molecule has 0 atom stereocenters. The van der Waals surface area contributed by atoms with Gasteiger partial charge >= 0.3 is 6.09 Å². The Hall–Kier alpha value is -2.45. The number of carbonyl (C=O) groups is 1. The van der Waals surface area contributed by atoms with Crippen LogP contribution in [0.2, 0.25) is 0 Å². The number of nitrogens with two attached hydrogens (primary N) is 1. The molecule has 3 N–H and O–H groups in total. The molecular formula is C18H16Br2N4O2. The first-order valence-corrected chi connectivity index (χ1v) is 9.08. The number of pyridine rings is 2. The average Bonchev–Trinajstić information content (AvgIpc) is 2.66. The van der Waals surface area contributed by atoms with E-state index in [0.29, 0.717) is 11.6 Å². The lowest BCUT2D eigenvalue weighted by Gasteiger charge is -2.06. The molecule has 0 bridgehead atoms. The maximum absolute atomic E-state index is 11.5. The van der Waals surface area contributed by atoms with Crippen LogP contribution in [-0.4, -0.2) is 16.1 Å². The highest BCUT2D eigenvalue weighted by Gasteiger charge is 2.04. The topological polar surface area (TPSA) is 90.1 Å². The van der Waals surface area contributed by atoms with Crippen molar-refractivity contribution in [3.8, 4) is 0 Å². The fraction of sp³-hybridized carbons (Fsp3) is 0.0556. The summed E-state index contributed by atoms with van der Waals surface area (Å²) in [6, 6.07) is 16.6. The third kappa shape index (κ3) is 7.62. The summed E-state index contributed by atoms with van der Waals surface area (Å²) >= 11 is 6.49. The summed E-state index contributed by atoms with van der Waals surface area (Å²) in [7, 11) is 0. The number of anilines is 2. The van der Waals surface area contributed by atoms with Crippen LogP contribution in [0.1, 0.15) is 5.56 Å². The number of nitrogens with one attached hydrogen (secondary N) is 1. The first-order valence-electron chi connectivity index (χ1n) is 7.49. The highest BCUT2D eigenvalue weighted by atomic mass is 79.9. The lowest BCUT2D eigenvalue weighted by atomic mass is 10.2. The van der Waals surface area contributed by atoms with Gasteiger partial charge in [-0.05, 0) is 61.7 Å². The van der Waals surface area contributed by atoms with Crippen LogP contribution in [0, 0.1) is 0 Å². The van der Waals surface area contributed by atoms with Gasteiger partial charge in [0.1, 0.15) is 18.2 Å². The van der Waals surface area contributed by atoms with Crippen LogP contribution in [-0.2, 0) is 11.3 Å². The fourth-order valence-corrected chi connectivity index (χ4v) is 2.17. The van der Waals surface area contributed by atoms with E-state index in [1.54, 1.807) is 30.6 Å². The van der Waals surface area contributed by atoms with Gasteiger partial charge in [-0.2, -0.15) is 0 Å². The van der Waals surface area contributed by atoms with E-state index in [-0.39, 0.29) is 6.61 Å². The van der Waals surface area contributed by atoms with E-state index >= 15 is 0 Å². The number of hydrogen-bond donors (Lipinski definition) is 2. The highest BCUT2D eigenvalue weighted by Crippen LogP contribution is 2.11. The Morgan fingerprint density at radius 2 is 1.62 bits per heavy atom. The van der Waals surface area contributed by atoms with Crippen LogP contribution in [0.4, 0.5) is 16.4 Å². The maximum Gasteiger partial charge on any atom is 0.413 e. The molecule has 3 aromatic rings. The van der Waals surface area contributed by atoms with Crippen molar-refractivity contribution in [2.75, 3.05) is 11.1 Å². The normalized spacial score (nSPS) is 9.62. The van der Waals surface area contributed by atoms with Gasteiger partial charge in [0, 0.05) is 21.3 Å². The minimum Gasteiger partial charge on any atom is -0.444 e. The molecule has 0 aliphatic rings. The third-order valence-corrected chi connectivity index (χ3v) is 3.86. The van der Waals surface area contributed by atoms with E-state index in [4.69, 9.17) is 10.5 Å². The molecule has 2 heterocycles. The van der Waals surface area contributed by atoms with Gasteiger partial charge in [-0.1, -0.05) is 30.3 Å². The molecule has 0 aliphatic carbocycles. The molecule has 0 spiro atoms. The van der Waals surface area contributed by atoms with E-state index in [0.717, 1.165) is 14.5 Å². The van der Waals surface area contributed by atoms with Gasteiger partial charge in [0.2, 0.25) is 0 Å². The molecule has 1 amide bonds. The molecule has 0 fully saturated rings. The molecule has 0 aliphatic heterocycles. The van der Waals surface area contributed by atoms with Gasteiger partial charge in [0.25, 0.3) is 0 Å². The Labute approximate surface area is 168 Å². The number of nitrogen functional groups attached to an aromatic ring is 1. The molecule has 0 saturated heterocycles. The molecule has 0 unspecified atom stereocenters. The summed E-state index contributed by atoms with van der Waals surface area (Å²) in [4.78, 5) is 19.3. The SMILES string of the molecule is Nc1ccc(Br)cn1.O=C(Nc1ccc(Br)cn1)OCc1ccccc1. The number of hydrogen-bond acceptors (Lipinski definition) is 5. The zero-order valence-corrected chi connectivity index (χ0v) is 16.8. The first kappa shape index (κ1) is 19.9. The van der Waals surface area contributed by atoms with Gasteiger partial charge in [0.15, 0.2) is 0 Å². The monoisotopic (exact) mass is 478 g/mol. The first-order chi connectivity index (χ1) is 12.5. The zero-order valence-electron chi connectivity index (χ0n) is 13.6. The third-order valence-electron chi connectivity index (χ3n) is 2.92. The van der Waals surface area contributed by atoms with Crippen molar-refractivity contribution in [3.63, 3.8) is 0 Å². The molecule has 26 heavy (non-hydrogen) atoms. The van der Waals surface area contributed by atoms with Crippen LogP contribution >= 0.6 is 31.9 Å². The van der Waals surface area contributed by atoms with Crippen molar-refractivity contribution in [1.29, 1.82) is 0 Å². The minimum absolute atomic E-state index is 0.239. The summed E-state index contributed by atoms with van der Waals surface area (Å²) in [6.45, 7) is 0.239. The van der Waals surface area contributed by atoms with Crippen molar-refractivity contribution in [2.45, 2.75) is 6.61 Å². The van der Waals surface area contributed by atoms with E-state index in [1.165, 1.54) is 0 Å². The summed E-state index contributed by atoms with van der Waals surface area (Å²) in [5, 5.41) is 2.55. The van der Waals surface area contributed by atoms with Crippen molar-refractivity contribution in [1.82, 2.24) is 9.97 Å². The second-order valence-corrected chi connectivity index (χ2v) is 6.78. The smallest absolute Gasteiger partial charge is 0.413 e. The summed E-state index contributed by atoms with van der Waals surface area (Å²) in [6.07, 6.45) is 2.75. The number of nitrogens with zero attached hydrogens (tertiary/aromatic N) is 2. The Balaban J connectivity index is 0.000000254. The van der Waals surface area contributed by atoms with Gasteiger partial charge in [-0.15, -0.1) is 0 Å². The van der Waals surface area contributed by atoms with Crippen molar-refractivity contribution >= 4 is 49.6 Å². The zero-order chi connectivity index (χ0) is 18.8. The molecule has 134 valence electrons. The molecule has 1 aromatic carbocycles.